The summed E-state index contributed by atoms with van der Waals surface area (Å²) in [5, 5.41) is 0. The SMILES string of the molecule is C#CC(NN)c1ccc(C)cc1C. The average Bonchev–Trinajstić information content (AvgIpc) is 2.10. The maximum atomic E-state index is 5.33. The second kappa shape index (κ2) is 4.08. The zero-order valence-corrected chi connectivity index (χ0v) is 7.96. The van der Waals surface area contributed by atoms with Gasteiger partial charge in [-0.2, -0.15) is 0 Å². The standard InChI is InChI=1S/C11H14N2/c1-4-11(13-12)10-6-5-8(2)7-9(10)3/h1,5-7,11,13H,12H2,2-3H3. The Balaban J connectivity index is 3.09. The highest BCUT2D eigenvalue weighted by molar-refractivity contribution is 5.35. The van der Waals surface area contributed by atoms with Gasteiger partial charge >= 0.3 is 0 Å². The molecule has 0 heterocycles. The lowest BCUT2D eigenvalue weighted by atomic mass is 10.0. The van der Waals surface area contributed by atoms with E-state index < -0.39 is 0 Å². The van der Waals surface area contributed by atoms with Gasteiger partial charge in [-0.05, 0) is 25.0 Å². The maximum Gasteiger partial charge on any atom is 0.107 e. The van der Waals surface area contributed by atoms with E-state index in [0.717, 1.165) is 5.56 Å². The molecule has 0 aromatic heterocycles. The third-order valence-corrected chi connectivity index (χ3v) is 2.07. The monoisotopic (exact) mass is 174 g/mol. The smallest absolute Gasteiger partial charge is 0.107 e. The zero-order valence-electron chi connectivity index (χ0n) is 7.96. The largest absolute Gasteiger partial charge is 0.270 e. The molecule has 0 aliphatic rings. The summed E-state index contributed by atoms with van der Waals surface area (Å²) in [4.78, 5) is 0. The summed E-state index contributed by atoms with van der Waals surface area (Å²) in [6.07, 6.45) is 5.33. The van der Waals surface area contributed by atoms with E-state index >= 15 is 0 Å². The van der Waals surface area contributed by atoms with Gasteiger partial charge in [0, 0.05) is 0 Å². The van der Waals surface area contributed by atoms with Gasteiger partial charge in [-0.15, -0.1) is 6.42 Å². The van der Waals surface area contributed by atoms with Gasteiger partial charge in [-0.3, -0.25) is 5.84 Å². The van der Waals surface area contributed by atoms with Crippen LogP contribution < -0.4 is 11.3 Å². The average molecular weight is 174 g/mol. The summed E-state index contributed by atoms with van der Waals surface area (Å²) >= 11 is 0. The Morgan fingerprint density at radius 1 is 1.46 bits per heavy atom. The molecule has 2 nitrogen and oxygen atoms in total. The van der Waals surface area contributed by atoms with Crippen LogP contribution in [0.25, 0.3) is 0 Å². The van der Waals surface area contributed by atoms with Crippen molar-refractivity contribution in [2.24, 2.45) is 5.84 Å². The Hall–Kier alpha value is -1.30. The molecule has 1 atom stereocenters. The molecule has 13 heavy (non-hydrogen) atoms. The van der Waals surface area contributed by atoms with Gasteiger partial charge in [0.25, 0.3) is 0 Å². The van der Waals surface area contributed by atoms with Gasteiger partial charge < -0.3 is 0 Å². The van der Waals surface area contributed by atoms with E-state index in [0.29, 0.717) is 0 Å². The molecule has 1 aromatic rings. The molecule has 0 bridgehead atoms. The first-order valence-electron chi connectivity index (χ1n) is 4.18. The predicted molar refractivity (Wildman–Crippen MR) is 54.8 cm³/mol. The van der Waals surface area contributed by atoms with Crippen molar-refractivity contribution < 1.29 is 0 Å². The first-order valence-corrected chi connectivity index (χ1v) is 4.18. The van der Waals surface area contributed by atoms with Crippen molar-refractivity contribution in [1.29, 1.82) is 0 Å². The Kier molecular flexibility index (Phi) is 3.07. The van der Waals surface area contributed by atoms with Crippen molar-refractivity contribution in [2.45, 2.75) is 19.9 Å². The van der Waals surface area contributed by atoms with Crippen LogP contribution in [0.4, 0.5) is 0 Å². The van der Waals surface area contributed by atoms with Crippen LogP contribution >= 0.6 is 0 Å². The molecule has 0 fully saturated rings. The number of hydrogen-bond acceptors (Lipinski definition) is 2. The fourth-order valence-electron chi connectivity index (χ4n) is 1.38. The minimum absolute atomic E-state index is 0.194. The van der Waals surface area contributed by atoms with E-state index in [9.17, 15) is 0 Å². The van der Waals surface area contributed by atoms with Crippen molar-refractivity contribution in [3.05, 3.63) is 34.9 Å². The molecular weight excluding hydrogens is 160 g/mol. The lowest BCUT2D eigenvalue weighted by Gasteiger charge is -2.12. The highest BCUT2D eigenvalue weighted by Crippen LogP contribution is 2.17. The lowest BCUT2D eigenvalue weighted by Crippen LogP contribution is -2.27. The van der Waals surface area contributed by atoms with Crippen LogP contribution in [0.5, 0.6) is 0 Å². The summed E-state index contributed by atoms with van der Waals surface area (Å²) in [7, 11) is 0. The molecule has 0 spiro atoms. The number of rotatable bonds is 2. The lowest BCUT2D eigenvalue weighted by molar-refractivity contribution is 0.670. The van der Waals surface area contributed by atoms with Crippen LogP contribution in [-0.2, 0) is 0 Å². The van der Waals surface area contributed by atoms with E-state index in [2.05, 4.69) is 24.3 Å². The second-order valence-electron chi connectivity index (χ2n) is 3.13. The van der Waals surface area contributed by atoms with E-state index in [1.807, 2.05) is 19.1 Å². The second-order valence-corrected chi connectivity index (χ2v) is 3.13. The van der Waals surface area contributed by atoms with Crippen LogP contribution in [0.1, 0.15) is 22.7 Å². The molecular formula is C11H14N2. The van der Waals surface area contributed by atoms with Crippen molar-refractivity contribution in [2.75, 3.05) is 0 Å². The minimum Gasteiger partial charge on any atom is -0.270 e. The number of aryl methyl sites for hydroxylation is 2. The zero-order chi connectivity index (χ0) is 9.84. The predicted octanol–water partition coefficient (Wildman–Crippen LogP) is 1.44. The number of nitrogens with two attached hydrogens (primary N) is 1. The summed E-state index contributed by atoms with van der Waals surface area (Å²) in [6.45, 7) is 4.08. The quantitative estimate of drug-likeness (QED) is 0.404. The molecule has 68 valence electrons. The number of terminal acetylenes is 1. The van der Waals surface area contributed by atoms with Crippen LogP contribution in [0, 0.1) is 26.2 Å². The summed E-state index contributed by atoms with van der Waals surface area (Å²) in [5.41, 5.74) is 6.06. The van der Waals surface area contributed by atoms with Crippen molar-refractivity contribution in [3.8, 4) is 12.3 Å². The molecule has 3 N–H and O–H groups in total. The molecule has 2 heteroatoms. The minimum atomic E-state index is -0.194. The van der Waals surface area contributed by atoms with Gasteiger partial charge in [-0.25, -0.2) is 5.43 Å². The fourth-order valence-corrected chi connectivity index (χ4v) is 1.38. The van der Waals surface area contributed by atoms with E-state index in [1.165, 1.54) is 11.1 Å². The van der Waals surface area contributed by atoms with Crippen molar-refractivity contribution in [1.82, 2.24) is 5.43 Å². The first-order chi connectivity index (χ1) is 6.19. The number of hydrazine groups is 1. The van der Waals surface area contributed by atoms with Crippen molar-refractivity contribution in [3.63, 3.8) is 0 Å². The molecule has 0 radical (unpaired) electrons. The van der Waals surface area contributed by atoms with Crippen LogP contribution in [0.2, 0.25) is 0 Å². The van der Waals surface area contributed by atoms with Crippen LogP contribution in [-0.4, -0.2) is 0 Å². The molecule has 0 saturated heterocycles. The Morgan fingerprint density at radius 3 is 2.62 bits per heavy atom. The third kappa shape index (κ3) is 2.09. The molecule has 0 aliphatic heterocycles. The van der Waals surface area contributed by atoms with E-state index in [-0.39, 0.29) is 6.04 Å². The molecule has 0 saturated carbocycles. The van der Waals surface area contributed by atoms with Crippen LogP contribution in [0.15, 0.2) is 18.2 Å². The highest BCUT2D eigenvalue weighted by atomic mass is 15.2. The van der Waals surface area contributed by atoms with E-state index in [4.69, 9.17) is 12.3 Å². The summed E-state index contributed by atoms with van der Waals surface area (Å²) in [5.74, 6) is 7.92. The summed E-state index contributed by atoms with van der Waals surface area (Å²) in [6, 6.07) is 5.94. The highest BCUT2D eigenvalue weighted by Gasteiger charge is 2.07. The summed E-state index contributed by atoms with van der Waals surface area (Å²) < 4.78 is 0. The fraction of sp³-hybridized carbons (Fsp3) is 0.273. The van der Waals surface area contributed by atoms with Gasteiger partial charge in [0.15, 0.2) is 0 Å². The first kappa shape index (κ1) is 9.79. The third-order valence-electron chi connectivity index (χ3n) is 2.07. The molecule has 0 amide bonds. The number of nitrogens with one attached hydrogen (secondary N) is 1. The molecule has 1 rings (SSSR count). The Bertz CT molecular complexity index is 336. The molecule has 0 aliphatic carbocycles. The maximum absolute atomic E-state index is 5.33. The molecule has 1 unspecified atom stereocenters. The Morgan fingerprint density at radius 2 is 2.15 bits per heavy atom. The number of benzene rings is 1. The topological polar surface area (TPSA) is 38.0 Å². The number of hydrogen-bond donors (Lipinski definition) is 2. The van der Waals surface area contributed by atoms with Gasteiger partial charge in [0.2, 0.25) is 0 Å². The van der Waals surface area contributed by atoms with Crippen molar-refractivity contribution >= 4 is 0 Å². The van der Waals surface area contributed by atoms with E-state index in [1.54, 1.807) is 0 Å². The molecule has 1 aromatic carbocycles. The van der Waals surface area contributed by atoms with Gasteiger partial charge in [0.05, 0.1) is 0 Å². The van der Waals surface area contributed by atoms with Gasteiger partial charge in [0.1, 0.15) is 6.04 Å². The normalized spacial score (nSPS) is 12.2. The Labute approximate surface area is 79.1 Å². The van der Waals surface area contributed by atoms with Gasteiger partial charge in [-0.1, -0.05) is 29.7 Å². The van der Waals surface area contributed by atoms with Crippen LogP contribution in [0.3, 0.4) is 0 Å².